The van der Waals surface area contributed by atoms with Crippen molar-refractivity contribution in [1.29, 1.82) is 5.26 Å². The standard InChI is InChI=1S/C24H17BrN2O3/c25-19-13-11-16(12-14-19)21-20(15-26)23(17-7-3-1-4-8-17)30-24(22(21)27(28)29)18-9-5-2-6-10-18/h1-14,21-22,24H/t21-,22+,24+/m1/s1. The molecule has 0 radical (unpaired) electrons. The van der Waals surface area contributed by atoms with Crippen LogP contribution in [0.25, 0.3) is 5.76 Å². The summed E-state index contributed by atoms with van der Waals surface area (Å²) in [4.78, 5) is 11.9. The van der Waals surface area contributed by atoms with Gasteiger partial charge in [-0.25, -0.2) is 0 Å². The van der Waals surface area contributed by atoms with E-state index in [2.05, 4.69) is 22.0 Å². The van der Waals surface area contributed by atoms with Crippen molar-refractivity contribution >= 4 is 21.7 Å². The van der Waals surface area contributed by atoms with Crippen LogP contribution in [0.5, 0.6) is 0 Å². The van der Waals surface area contributed by atoms with Crippen LogP contribution in [-0.4, -0.2) is 11.0 Å². The van der Waals surface area contributed by atoms with Gasteiger partial charge in [0.2, 0.25) is 0 Å². The zero-order chi connectivity index (χ0) is 21.1. The predicted molar refractivity (Wildman–Crippen MR) is 117 cm³/mol. The molecule has 0 amide bonds. The lowest BCUT2D eigenvalue weighted by molar-refractivity contribution is -0.539. The van der Waals surface area contributed by atoms with Gasteiger partial charge in [0, 0.05) is 15.0 Å². The third-order valence-corrected chi connectivity index (χ3v) is 5.74. The Morgan fingerprint density at radius 3 is 2.07 bits per heavy atom. The highest BCUT2D eigenvalue weighted by molar-refractivity contribution is 9.10. The van der Waals surface area contributed by atoms with Crippen LogP contribution in [-0.2, 0) is 4.74 Å². The predicted octanol–water partition coefficient (Wildman–Crippen LogP) is 5.88. The van der Waals surface area contributed by atoms with Gasteiger partial charge < -0.3 is 4.74 Å². The highest BCUT2D eigenvalue weighted by Gasteiger charge is 2.49. The highest BCUT2D eigenvalue weighted by Crippen LogP contribution is 2.47. The lowest BCUT2D eigenvalue weighted by Crippen LogP contribution is -2.39. The first-order valence-electron chi connectivity index (χ1n) is 9.40. The summed E-state index contributed by atoms with van der Waals surface area (Å²) in [6, 6.07) is 26.8. The lowest BCUT2D eigenvalue weighted by atomic mass is 9.78. The number of hydrogen-bond acceptors (Lipinski definition) is 4. The number of hydrogen-bond donors (Lipinski definition) is 0. The van der Waals surface area contributed by atoms with Crippen molar-refractivity contribution in [2.24, 2.45) is 0 Å². The smallest absolute Gasteiger partial charge is 0.265 e. The molecular formula is C24H17BrN2O3. The summed E-state index contributed by atoms with van der Waals surface area (Å²) in [6.07, 6.45) is -0.831. The zero-order valence-electron chi connectivity index (χ0n) is 15.8. The molecule has 3 aromatic rings. The van der Waals surface area contributed by atoms with Crippen molar-refractivity contribution in [2.75, 3.05) is 0 Å². The number of nitro groups is 1. The topological polar surface area (TPSA) is 76.2 Å². The molecule has 6 heteroatoms. The maximum atomic E-state index is 12.3. The van der Waals surface area contributed by atoms with Crippen LogP contribution < -0.4 is 0 Å². The molecule has 1 heterocycles. The molecule has 0 aromatic heterocycles. The molecule has 0 saturated carbocycles. The van der Waals surface area contributed by atoms with Crippen molar-refractivity contribution in [3.05, 3.63) is 122 Å². The lowest BCUT2D eigenvalue weighted by Gasteiger charge is -2.35. The van der Waals surface area contributed by atoms with Crippen molar-refractivity contribution in [1.82, 2.24) is 0 Å². The largest absolute Gasteiger partial charge is 0.477 e. The van der Waals surface area contributed by atoms with Gasteiger partial charge in [0.15, 0.2) is 6.10 Å². The van der Waals surface area contributed by atoms with Crippen molar-refractivity contribution in [3.8, 4) is 6.07 Å². The molecular weight excluding hydrogens is 444 g/mol. The molecule has 5 nitrogen and oxygen atoms in total. The average molecular weight is 461 g/mol. The van der Waals surface area contributed by atoms with Gasteiger partial charge in [-0.2, -0.15) is 5.26 Å². The highest BCUT2D eigenvalue weighted by atomic mass is 79.9. The van der Waals surface area contributed by atoms with E-state index in [9.17, 15) is 15.4 Å². The Morgan fingerprint density at radius 2 is 1.50 bits per heavy atom. The Hall–Kier alpha value is -3.43. The molecule has 4 rings (SSSR count). The van der Waals surface area contributed by atoms with Gasteiger partial charge in [-0.3, -0.25) is 10.1 Å². The van der Waals surface area contributed by atoms with Gasteiger partial charge in [0.25, 0.3) is 6.04 Å². The number of ether oxygens (including phenoxy) is 1. The van der Waals surface area contributed by atoms with Crippen molar-refractivity contribution in [2.45, 2.75) is 18.1 Å². The van der Waals surface area contributed by atoms with E-state index in [1.54, 1.807) is 0 Å². The number of nitrogens with zero attached hydrogens (tertiary/aromatic N) is 2. The van der Waals surface area contributed by atoms with Crippen LogP contribution in [0.1, 0.15) is 28.7 Å². The summed E-state index contributed by atoms with van der Waals surface area (Å²) in [7, 11) is 0. The van der Waals surface area contributed by atoms with Gasteiger partial charge in [-0.05, 0) is 23.3 Å². The van der Waals surface area contributed by atoms with Crippen LogP contribution >= 0.6 is 15.9 Å². The first-order chi connectivity index (χ1) is 14.6. The van der Waals surface area contributed by atoms with E-state index in [-0.39, 0.29) is 10.5 Å². The first-order valence-corrected chi connectivity index (χ1v) is 10.2. The van der Waals surface area contributed by atoms with E-state index < -0.39 is 18.1 Å². The normalized spacial score (nSPS) is 20.9. The van der Waals surface area contributed by atoms with Crippen LogP contribution in [0.15, 0.2) is 95.0 Å². The third-order valence-electron chi connectivity index (χ3n) is 5.21. The van der Waals surface area contributed by atoms with Gasteiger partial charge >= 0.3 is 0 Å². The van der Waals surface area contributed by atoms with Crippen LogP contribution in [0, 0.1) is 21.4 Å². The van der Waals surface area contributed by atoms with Gasteiger partial charge in [-0.15, -0.1) is 0 Å². The third kappa shape index (κ3) is 3.72. The minimum absolute atomic E-state index is 0.261. The van der Waals surface area contributed by atoms with Gasteiger partial charge in [0.1, 0.15) is 5.76 Å². The molecule has 0 N–H and O–H groups in total. The molecule has 0 fully saturated rings. The van der Waals surface area contributed by atoms with E-state index in [4.69, 9.17) is 4.74 Å². The van der Waals surface area contributed by atoms with E-state index >= 15 is 0 Å². The average Bonchev–Trinajstić information content (AvgIpc) is 2.79. The van der Waals surface area contributed by atoms with Crippen molar-refractivity contribution in [3.63, 3.8) is 0 Å². The van der Waals surface area contributed by atoms with E-state index in [1.807, 2.05) is 84.9 Å². The number of halogens is 1. The summed E-state index contributed by atoms with van der Waals surface area (Å²) in [5.41, 5.74) is 2.39. The van der Waals surface area contributed by atoms with Crippen LogP contribution in [0.4, 0.5) is 0 Å². The summed E-state index contributed by atoms with van der Waals surface area (Å²) >= 11 is 3.41. The molecule has 148 valence electrons. The molecule has 0 unspecified atom stereocenters. The van der Waals surface area contributed by atoms with Crippen LogP contribution in [0.3, 0.4) is 0 Å². The molecule has 0 bridgehead atoms. The maximum Gasteiger partial charge on any atom is 0.265 e. The minimum Gasteiger partial charge on any atom is -0.477 e. The van der Waals surface area contributed by atoms with Gasteiger partial charge in [-0.1, -0.05) is 88.7 Å². The summed E-state index contributed by atoms with van der Waals surface area (Å²) < 4.78 is 7.08. The van der Waals surface area contributed by atoms with Crippen LogP contribution in [0.2, 0.25) is 0 Å². The fourth-order valence-corrected chi connectivity index (χ4v) is 4.12. The monoisotopic (exact) mass is 460 g/mol. The Kier molecular flexibility index (Phi) is 5.64. The summed E-state index contributed by atoms with van der Waals surface area (Å²) in [6.45, 7) is 0. The van der Waals surface area contributed by atoms with Crippen molar-refractivity contribution < 1.29 is 9.66 Å². The maximum absolute atomic E-state index is 12.3. The SMILES string of the molecule is N#CC1=C(c2ccccc2)O[C@@H](c2ccccc2)[C@@H]([N+](=O)[O-])[C@@H]1c1ccc(Br)cc1. The molecule has 1 aliphatic heterocycles. The Morgan fingerprint density at radius 1 is 0.900 bits per heavy atom. The number of benzene rings is 3. The quantitative estimate of drug-likeness (QED) is 0.359. The van der Waals surface area contributed by atoms with E-state index in [0.717, 1.165) is 10.0 Å². The molecule has 3 atom stereocenters. The first kappa shape index (κ1) is 19.9. The number of rotatable bonds is 4. The summed E-state index contributed by atoms with van der Waals surface area (Å²) in [5.74, 6) is -0.356. The Bertz CT molecular complexity index is 1120. The second-order valence-electron chi connectivity index (χ2n) is 6.97. The fraction of sp³-hybridized carbons (Fsp3) is 0.125. The zero-order valence-corrected chi connectivity index (χ0v) is 17.4. The minimum atomic E-state index is -1.14. The van der Waals surface area contributed by atoms with E-state index in [1.165, 1.54) is 0 Å². The second kappa shape index (κ2) is 8.52. The molecule has 1 aliphatic rings. The number of nitriles is 1. The second-order valence-corrected chi connectivity index (χ2v) is 7.89. The molecule has 0 spiro atoms. The molecule has 3 aromatic carbocycles. The molecule has 0 aliphatic carbocycles. The molecule has 30 heavy (non-hydrogen) atoms. The summed E-state index contributed by atoms with van der Waals surface area (Å²) in [5, 5.41) is 22.3. The Balaban J connectivity index is 1.97. The van der Waals surface area contributed by atoms with Gasteiger partial charge in [0.05, 0.1) is 17.6 Å². The van der Waals surface area contributed by atoms with E-state index in [0.29, 0.717) is 16.9 Å². The molecule has 0 saturated heterocycles. The Labute approximate surface area is 182 Å². The fourth-order valence-electron chi connectivity index (χ4n) is 3.85.